The molecule has 2 N–H and O–H groups in total. The Balaban J connectivity index is 2.32. The second kappa shape index (κ2) is 6.27. The average Bonchev–Trinajstić information content (AvgIpc) is 2.68. The smallest absolute Gasteiger partial charge is 0.224 e. The molecule has 0 radical (unpaired) electrons. The maximum atomic E-state index is 11.7. The summed E-state index contributed by atoms with van der Waals surface area (Å²) in [5, 5.41) is 10.1. The maximum absolute atomic E-state index is 11.7. The fourth-order valence-corrected chi connectivity index (χ4v) is 1.38. The molecule has 1 aromatic rings. The highest BCUT2D eigenvalue weighted by molar-refractivity contribution is 5.78. The van der Waals surface area contributed by atoms with Gasteiger partial charge in [-0.15, -0.1) is 0 Å². The fourth-order valence-electron chi connectivity index (χ4n) is 1.38. The van der Waals surface area contributed by atoms with Crippen molar-refractivity contribution in [2.75, 3.05) is 13.1 Å². The molecule has 0 aliphatic heterocycles. The molecule has 0 aromatic carbocycles. The molecule has 5 nitrogen and oxygen atoms in total. The number of hydrogen-bond acceptors (Lipinski definition) is 3. The SMILES string of the molecule is CCNCC(C)C(=O)NCc1ccnn1C. The number of amides is 1. The first-order chi connectivity index (χ1) is 7.65. The number of aryl methyl sites for hydroxylation is 1. The van der Waals surface area contributed by atoms with E-state index in [-0.39, 0.29) is 11.8 Å². The van der Waals surface area contributed by atoms with Gasteiger partial charge >= 0.3 is 0 Å². The minimum Gasteiger partial charge on any atom is -0.350 e. The van der Waals surface area contributed by atoms with Crippen molar-refractivity contribution in [2.45, 2.75) is 20.4 Å². The van der Waals surface area contributed by atoms with Crippen LogP contribution in [0, 0.1) is 5.92 Å². The normalized spacial score (nSPS) is 12.4. The van der Waals surface area contributed by atoms with Crippen molar-refractivity contribution in [3.63, 3.8) is 0 Å². The average molecular weight is 224 g/mol. The Kier molecular flexibility index (Phi) is 4.98. The molecule has 1 atom stereocenters. The molecule has 0 spiro atoms. The third-order valence-electron chi connectivity index (χ3n) is 2.51. The molecule has 1 rings (SSSR count). The first-order valence-electron chi connectivity index (χ1n) is 5.60. The lowest BCUT2D eigenvalue weighted by atomic mass is 10.1. The van der Waals surface area contributed by atoms with E-state index in [1.54, 1.807) is 10.9 Å². The molecule has 0 aliphatic rings. The summed E-state index contributed by atoms with van der Waals surface area (Å²) < 4.78 is 1.76. The van der Waals surface area contributed by atoms with Crippen LogP contribution in [0.5, 0.6) is 0 Å². The quantitative estimate of drug-likeness (QED) is 0.730. The number of carbonyl (C=O) groups is 1. The molecule has 0 fully saturated rings. The fraction of sp³-hybridized carbons (Fsp3) is 0.636. The number of aromatic nitrogens is 2. The predicted octanol–water partition coefficient (Wildman–Crippen LogP) is 0.282. The van der Waals surface area contributed by atoms with Crippen LogP contribution in [0.25, 0.3) is 0 Å². The zero-order valence-electron chi connectivity index (χ0n) is 10.2. The van der Waals surface area contributed by atoms with Crippen LogP contribution in [0.15, 0.2) is 12.3 Å². The van der Waals surface area contributed by atoms with Gasteiger partial charge in [0.15, 0.2) is 0 Å². The van der Waals surface area contributed by atoms with Crippen molar-refractivity contribution < 1.29 is 4.79 Å². The van der Waals surface area contributed by atoms with Gasteiger partial charge in [-0.1, -0.05) is 13.8 Å². The van der Waals surface area contributed by atoms with Gasteiger partial charge in [0.2, 0.25) is 5.91 Å². The lowest BCUT2D eigenvalue weighted by Crippen LogP contribution is -2.35. The molecule has 0 saturated carbocycles. The van der Waals surface area contributed by atoms with E-state index >= 15 is 0 Å². The molecule has 1 amide bonds. The molecular formula is C11H20N4O. The molecule has 16 heavy (non-hydrogen) atoms. The topological polar surface area (TPSA) is 59.0 Å². The van der Waals surface area contributed by atoms with Gasteiger partial charge in [-0.3, -0.25) is 9.48 Å². The monoisotopic (exact) mass is 224 g/mol. The molecule has 5 heteroatoms. The Labute approximate surface area is 96.2 Å². The van der Waals surface area contributed by atoms with Crippen molar-refractivity contribution >= 4 is 5.91 Å². The first kappa shape index (κ1) is 12.7. The van der Waals surface area contributed by atoms with E-state index in [0.717, 1.165) is 12.2 Å². The van der Waals surface area contributed by atoms with Gasteiger partial charge in [0.25, 0.3) is 0 Å². The van der Waals surface area contributed by atoms with E-state index in [1.807, 2.05) is 27.0 Å². The Morgan fingerprint density at radius 3 is 2.94 bits per heavy atom. The summed E-state index contributed by atoms with van der Waals surface area (Å²) in [5.41, 5.74) is 1.00. The van der Waals surface area contributed by atoms with E-state index in [0.29, 0.717) is 13.1 Å². The van der Waals surface area contributed by atoms with Gasteiger partial charge in [0, 0.05) is 25.7 Å². The van der Waals surface area contributed by atoms with Gasteiger partial charge in [0.1, 0.15) is 0 Å². The summed E-state index contributed by atoms with van der Waals surface area (Å²) in [6.45, 7) is 6.08. The molecule has 0 saturated heterocycles. The number of carbonyl (C=O) groups excluding carboxylic acids is 1. The van der Waals surface area contributed by atoms with Crippen molar-refractivity contribution in [3.05, 3.63) is 18.0 Å². The first-order valence-corrected chi connectivity index (χ1v) is 5.60. The summed E-state index contributed by atoms with van der Waals surface area (Å²) >= 11 is 0. The molecule has 0 bridgehead atoms. The van der Waals surface area contributed by atoms with Gasteiger partial charge in [-0.05, 0) is 12.6 Å². The summed E-state index contributed by atoms with van der Waals surface area (Å²) in [6.07, 6.45) is 1.73. The third kappa shape index (κ3) is 3.66. The number of nitrogens with one attached hydrogen (secondary N) is 2. The molecular weight excluding hydrogens is 204 g/mol. The van der Waals surface area contributed by atoms with Crippen LogP contribution >= 0.6 is 0 Å². The predicted molar refractivity (Wildman–Crippen MR) is 62.8 cm³/mol. The third-order valence-corrected chi connectivity index (χ3v) is 2.51. The summed E-state index contributed by atoms with van der Waals surface area (Å²) in [4.78, 5) is 11.7. The zero-order valence-corrected chi connectivity index (χ0v) is 10.2. The highest BCUT2D eigenvalue weighted by atomic mass is 16.1. The Morgan fingerprint density at radius 2 is 2.38 bits per heavy atom. The van der Waals surface area contributed by atoms with Crippen LogP contribution in [-0.2, 0) is 18.4 Å². The van der Waals surface area contributed by atoms with Crippen molar-refractivity contribution in [2.24, 2.45) is 13.0 Å². The van der Waals surface area contributed by atoms with Crippen molar-refractivity contribution in [1.82, 2.24) is 20.4 Å². The van der Waals surface area contributed by atoms with Crippen LogP contribution in [0.2, 0.25) is 0 Å². The van der Waals surface area contributed by atoms with Crippen LogP contribution in [0.4, 0.5) is 0 Å². The zero-order chi connectivity index (χ0) is 12.0. The maximum Gasteiger partial charge on any atom is 0.224 e. The number of rotatable bonds is 6. The largest absolute Gasteiger partial charge is 0.350 e. The summed E-state index contributed by atoms with van der Waals surface area (Å²) in [5.74, 6) is 0.0651. The van der Waals surface area contributed by atoms with E-state index < -0.39 is 0 Å². The molecule has 0 aliphatic carbocycles. The molecule has 1 unspecified atom stereocenters. The lowest BCUT2D eigenvalue weighted by molar-refractivity contribution is -0.124. The highest BCUT2D eigenvalue weighted by Gasteiger charge is 2.11. The highest BCUT2D eigenvalue weighted by Crippen LogP contribution is 1.97. The Morgan fingerprint density at radius 1 is 1.62 bits per heavy atom. The second-order valence-corrected chi connectivity index (χ2v) is 3.87. The van der Waals surface area contributed by atoms with Gasteiger partial charge in [0.05, 0.1) is 12.2 Å². The van der Waals surface area contributed by atoms with Crippen LogP contribution in [0.1, 0.15) is 19.5 Å². The molecule has 1 heterocycles. The minimum absolute atomic E-state index is 0.00632. The van der Waals surface area contributed by atoms with E-state index in [4.69, 9.17) is 0 Å². The van der Waals surface area contributed by atoms with E-state index in [9.17, 15) is 4.79 Å². The second-order valence-electron chi connectivity index (χ2n) is 3.87. The Hall–Kier alpha value is -1.36. The standard InChI is InChI=1S/C11H20N4O/c1-4-12-7-9(2)11(16)13-8-10-5-6-14-15(10)3/h5-6,9,12H,4,7-8H2,1-3H3,(H,13,16). The summed E-state index contributed by atoms with van der Waals surface area (Å²) in [6, 6.07) is 1.90. The van der Waals surface area contributed by atoms with Gasteiger partial charge < -0.3 is 10.6 Å². The van der Waals surface area contributed by atoms with Crippen LogP contribution in [0.3, 0.4) is 0 Å². The van der Waals surface area contributed by atoms with Crippen molar-refractivity contribution in [3.8, 4) is 0 Å². The van der Waals surface area contributed by atoms with Crippen LogP contribution in [-0.4, -0.2) is 28.8 Å². The Bertz CT molecular complexity index is 334. The van der Waals surface area contributed by atoms with E-state index in [1.165, 1.54) is 0 Å². The molecule has 90 valence electrons. The van der Waals surface area contributed by atoms with Crippen LogP contribution < -0.4 is 10.6 Å². The van der Waals surface area contributed by atoms with Gasteiger partial charge in [-0.25, -0.2) is 0 Å². The van der Waals surface area contributed by atoms with E-state index in [2.05, 4.69) is 15.7 Å². The van der Waals surface area contributed by atoms with Gasteiger partial charge in [-0.2, -0.15) is 5.10 Å². The number of hydrogen-bond donors (Lipinski definition) is 2. The van der Waals surface area contributed by atoms with Crippen molar-refractivity contribution in [1.29, 1.82) is 0 Å². The summed E-state index contributed by atoms with van der Waals surface area (Å²) in [7, 11) is 1.86. The number of nitrogens with zero attached hydrogens (tertiary/aromatic N) is 2. The lowest BCUT2D eigenvalue weighted by Gasteiger charge is -2.12. The molecule has 1 aromatic heterocycles. The minimum atomic E-state index is -0.00632.